The van der Waals surface area contributed by atoms with Gasteiger partial charge in [-0.25, -0.2) is 0 Å². The zero-order valence-electron chi connectivity index (χ0n) is 19.8. The minimum absolute atomic E-state index is 0.00162. The van der Waals surface area contributed by atoms with Crippen molar-refractivity contribution in [2.24, 2.45) is 0 Å². The molecule has 3 heterocycles. The number of aromatic nitrogens is 4. The number of hydrogen-bond donors (Lipinski definition) is 0. The van der Waals surface area contributed by atoms with Crippen LogP contribution in [0.4, 0.5) is 0 Å². The van der Waals surface area contributed by atoms with Crippen molar-refractivity contribution in [3.05, 3.63) is 47.9 Å². The van der Waals surface area contributed by atoms with Gasteiger partial charge in [0.15, 0.2) is 5.82 Å². The lowest BCUT2D eigenvalue weighted by Gasteiger charge is -2.36. The minimum Gasteiger partial charge on any atom is -0.340 e. The second kappa shape index (κ2) is 9.82. The molecule has 1 amide bonds. The lowest BCUT2D eigenvalue weighted by molar-refractivity contribution is -0.133. The molecule has 0 N–H and O–H groups in total. The zero-order valence-corrected chi connectivity index (χ0v) is 19.8. The van der Waals surface area contributed by atoms with Crippen LogP contribution in [-0.2, 0) is 16.6 Å². The van der Waals surface area contributed by atoms with Gasteiger partial charge >= 0.3 is 0 Å². The molecule has 0 bridgehead atoms. The molecule has 0 spiro atoms. The van der Waals surface area contributed by atoms with Crippen molar-refractivity contribution in [1.82, 2.24) is 30.1 Å². The zero-order chi connectivity index (χ0) is 23.4. The van der Waals surface area contributed by atoms with Crippen LogP contribution in [0.5, 0.6) is 0 Å². The van der Waals surface area contributed by atoms with Gasteiger partial charge in [0.1, 0.15) is 0 Å². The largest absolute Gasteiger partial charge is 0.340 e. The van der Waals surface area contributed by atoms with Gasteiger partial charge < -0.3 is 13.9 Å². The third kappa shape index (κ3) is 5.65. The van der Waals surface area contributed by atoms with E-state index >= 15 is 0 Å². The van der Waals surface area contributed by atoms with E-state index in [2.05, 4.69) is 32.1 Å². The molecule has 1 aliphatic rings. The summed E-state index contributed by atoms with van der Waals surface area (Å²) in [6.45, 7) is 11.1. The molecule has 0 radical (unpaired) electrons. The molecule has 4 rings (SSSR count). The molecule has 1 aromatic carbocycles. The van der Waals surface area contributed by atoms with Crippen LogP contribution in [-0.4, -0.2) is 62.2 Å². The van der Waals surface area contributed by atoms with E-state index in [4.69, 9.17) is 9.05 Å². The van der Waals surface area contributed by atoms with Gasteiger partial charge in [-0.1, -0.05) is 61.4 Å². The summed E-state index contributed by atoms with van der Waals surface area (Å²) in [5.41, 5.74) is 0.795. The summed E-state index contributed by atoms with van der Waals surface area (Å²) in [6.07, 6.45) is 1.80. The molecule has 1 unspecified atom stereocenters. The van der Waals surface area contributed by atoms with Gasteiger partial charge in [-0.15, -0.1) is 0 Å². The number of carbonyl (C=O) groups is 1. The van der Waals surface area contributed by atoms with Crippen LogP contribution in [0.15, 0.2) is 39.4 Å². The quantitative estimate of drug-likeness (QED) is 0.535. The number of nitrogens with zero attached hydrogens (tertiary/aromatic N) is 6. The third-order valence-electron chi connectivity index (χ3n) is 5.97. The number of rotatable bonds is 7. The van der Waals surface area contributed by atoms with Crippen molar-refractivity contribution in [2.45, 2.75) is 58.4 Å². The van der Waals surface area contributed by atoms with Crippen molar-refractivity contribution in [2.75, 3.05) is 26.2 Å². The molecule has 9 nitrogen and oxygen atoms in total. The first-order valence-electron chi connectivity index (χ1n) is 11.5. The first-order valence-corrected chi connectivity index (χ1v) is 11.5. The average Bonchev–Trinajstić information content (AvgIpc) is 3.49. The van der Waals surface area contributed by atoms with Gasteiger partial charge in [0.2, 0.25) is 23.5 Å². The Labute approximate surface area is 194 Å². The molecule has 33 heavy (non-hydrogen) atoms. The van der Waals surface area contributed by atoms with Crippen LogP contribution in [0, 0.1) is 0 Å². The highest BCUT2D eigenvalue weighted by molar-refractivity contribution is 5.76. The molecule has 0 aliphatic carbocycles. The molecule has 1 atom stereocenters. The van der Waals surface area contributed by atoms with Crippen LogP contribution < -0.4 is 0 Å². The summed E-state index contributed by atoms with van der Waals surface area (Å²) in [5, 5.41) is 8.16. The standard InChI is InChI=1S/C24H32N6O3/c1-17(22-26-21(27-33-22)18-9-6-5-7-10-18)29-13-15-30(16-14-29)20(31)12-8-11-19-25-23(28-32-19)24(2,3)4/h5-7,9-10,17H,8,11-16H2,1-4H3. The highest BCUT2D eigenvalue weighted by Crippen LogP contribution is 2.24. The molecular formula is C24H32N6O3. The summed E-state index contributed by atoms with van der Waals surface area (Å²) in [4.78, 5) is 25.9. The maximum atomic E-state index is 12.7. The summed E-state index contributed by atoms with van der Waals surface area (Å²) in [5.74, 6) is 2.67. The molecule has 1 fully saturated rings. The van der Waals surface area contributed by atoms with Crippen molar-refractivity contribution >= 4 is 5.91 Å². The van der Waals surface area contributed by atoms with E-state index in [0.717, 1.165) is 18.7 Å². The van der Waals surface area contributed by atoms with E-state index in [9.17, 15) is 4.79 Å². The summed E-state index contributed by atoms with van der Waals surface area (Å²) in [6, 6.07) is 9.80. The lowest BCUT2D eigenvalue weighted by atomic mass is 9.96. The normalized spacial score (nSPS) is 16.2. The smallest absolute Gasteiger partial charge is 0.244 e. The van der Waals surface area contributed by atoms with E-state index in [1.165, 1.54) is 0 Å². The van der Waals surface area contributed by atoms with Gasteiger partial charge in [-0.2, -0.15) is 9.97 Å². The first kappa shape index (κ1) is 23.1. The fourth-order valence-corrected chi connectivity index (χ4v) is 3.83. The van der Waals surface area contributed by atoms with Gasteiger partial charge in [0, 0.05) is 50.0 Å². The average molecular weight is 453 g/mol. The van der Waals surface area contributed by atoms with Gasteiger partial charge in [-0.05, 0) is 13.3 Å². The maximum absolute atomic E-state index is 12.7. The van der Waals surface area contributed by atoms with Crippen molar-refractivity contribution in [1.29, 1.82) is 0 Å². The molecule has 1 saturated heterocycles. The van der Waals surface area contributed by atoms with E-state index in [1.807, 2.05) is 56.0 Å². The molecule has 1 aliphatic heterocycles. The number of carbonyl (C=O) groups excluding carboxylic acids is 1. The second-order valence-electron chi connectivity index (χ2n) is 9.53. The topological polar surface area (TPSA) is 101 Å². The predicted octanol–water partition coefficient (Wildman–Crippen LogP) is 3.65. The minimum atomic E-state index is -0.140. The Morgan fingerprint density at radius 1 is 1.03 bits per heavy atom. The number of piperazine rings is 1. The molecule has 9 heteroatoms. The Morgan fingerprint density at radius 3 is 2.42 bits per heavy atom. The maximum Gasteiger partial charge on any atom is 0.244 e. The Hall–Kier alpha value is -3.07. The number of benzene rings is 1. The Morgan fingerprint density at radius 2 is 1.76 bits per heavy atom. The highest BCUT2D eigenvalue weighted by Gasteiger charge is 2.28. The molecule has 3 aromatic rings. The lowest BCUT2D eigenvalue weighted by Crippen LogP contribution is -2.49. The van der Waals surface area contributed by atoms with Gasteiger partial charge in [0.25, 0.3) is 0 Å². The first-order chi connectivity index (χ1) is 15.8. The van der Waals surface area contributed by atoms with Crippen LogP contribution in [0.1, 0.15) is 64.2 Å². The van der Waals surface area contributed by atoms with Crippen molar-refractivity contribution < 1.29 is 13.8 Å². The Bertz CT molecular complexity index is 1050. The fourth-order valence-electron chi connectivity index (χ4n) is 3.83. The van der Waals surface area contributed by atoms with Gasteiger partial charge in [-0.3, -0.25) is 9.69 Å². The fraction of sp³-hybridized carbons (Fsp3) is 0.542. The third-order valence-corrected chi connectivity index (χ3v) is 5.97. The van der Waals surface area contributed by atoms with Crippen LogP contribution in [0.2, 0.25) is 0 Å². The molecule has 0 saturated carbocycles. The summed E-state index contributed by atoms with van der Waals surface area (Å²) >= 11 is 0. The Balaban J connectivity index is 1.22. The second-order valence-corrected chi connectivity index (χ2v) is 9.53. The number of aryl methyl sites for hydroxylation is 1. The van der Waals surface area contributed by atoms with Crippen LogP contribution in [0.3, 0.4) is 0 Å². The van der Waals surface area contributed by atoms with Crippen molar-refractivity contribution in [3.63, 3.8) is 0 Å². The monoisotopic (exact) mass is 452 g/mol. The molecule has 2 aromatic heterocycles. The van der Waals surface area contributed by atoms with E-state index in [1.54, 1.807) is 0 Å². The SMILES string of the molecule is CC(c1nc(-c2ccccc2)no1)N1CCN(C(=O)CCCc2nc(C(C)(C)C)no2)CC1. The summed E-state index contributed by atoms with van der Waals surface area (Å²) < 4.78 is 10.8. The Kier molecular flexibility index (Phi) is 6.88. The highest BCUT2D eigenvalue weighted by atomic mass is 16.5. The van der Waals surface area contributed by atoms with E-state index in [0.29, 0.717) is 55.8 Å². The summed E-state index contributed by atoms with van der Waals surface area (Å²) in [7, 11) is 0. The van der Waals surface area contributed by atoms with Crippen molar-refractivity contribution in [3.8, 4) is 11.4 Å². The number of hydrogen-bond acceptors (Lipinski definition) is 8. The number of amides is 1. The molecule has 176 valence electrons. The van der Waals surface area contributed by atoms with Gasteiger partial charge in [0.05, 0.1) is 6.04 Å². The predicted molar refractivity (Wildman–Crippen MR) is 122 cm³/mol. The van der Waals surface area contributed by atoms with Crippen LogP contribution in [0.25, 0.3) is 11.4 Å². The van der Waals surface area contributed by atoms with E-state index in [-0.39, 0.29) is 17.4 Å². The molecular weight excluding hydrogens is 420 g/mol. The van der Waals surface area contributed by atoms with Crippen LogP contribution >= 0.6 is 0 Å². The van der Waals surface area contributed by atoms with E-state index < -0.39 is 0 Å².